The number of aliphatic hydroxyl groups is 6. The molecule has 1 heterocycles. The molecule has 6 N–H and O–H groups in total. The highest BCUT2D eigenvalue weighted by Gasteiger charge is 2.44. The highest BCUT2D eigenvalue weighted by molar-refractivity contribution is 5.75. The van der Waals surface area contributed by atoms with Gasteiger partial charge in [0.1, 0.15) is 36.8 Å². The number of rotatable bonds is 8. The highest BCUT2D eigenvalue weighted by Crippen LogP contribution is 2.24. The Morgan fingerprint density at radius 3 is 2.34 bits per heavy atom. The van der Waals surface area contributed by atoms with Crippen LogP contribution in [-0.2, 0) is 20.9 Å². The van der Waals surface area contributed by atoms with Crippen LogP contribution in [0.2, 0.25) is 0 Å². The van der Waals surface area contributed by atoms with Crippen molar-refractivity contribution in [2.75, 3.05) is 6.61 Å². The number of benzene rings is 1. The van der Waals surface area contributed by atoms with Gasteiger partial charge in [-0.05, 0) is 31.0 Å². The van der Waals surface area contributed by atoms with E-state index < -0.39 is 55.0 Å². The summed E-state index contributed by atoms with van der Waals surface area (Å²) in [6, 6.07) is 6.14. The molecule has 0 spiro atoms. The monoisotopic (exact) mass is 416 g/mol. The molecule has 1 aromatic rings. The molecule has 1 aromatic carbocycles. The maximum absolute atomic E-state index is 11.8. The van der Waals surface area contributed by atoms with E-state index in [1.54, 1.807) is 19.1 Å². The second-order valence-corrected chi connectivity index (χ2v) is 7.18. The second-order valence-electron chi connectivity index (χ2n) is 7.18. The van der Waals surface area contributed by atoms with Crippen LogP contribution in [-0.4, -0.2) is 85.6 Å². The van der Waals surface area contributed by atoms with Gasteiger partial charge in [0.2, 0.25) is 6.29 Å². The average Bonchev–Trinajstić information content (AvgIpc) is 2.72. The molecule has 1 fully saturated rings. The number of carbonyl (C=O) groups excluding carboxylic acids is 1. The third-order valence-corrected chi connectivity index (χ3v) is 4.93. The van der Waals surface area contributed by atoms with E-state index in [0.29, 0.717) is 5.56 Å². The molecule has 0 unspecified atom stereocenters. The zero-order valence-corrected chi connectivity index (χ0v) is 16.2. The Hall–Kier alpha value is -1.79. The van der Waals surface area contributed by atoms with Crippen molar-refractivity contribution < 1.29 is 49.6 Å². The van der Waals surface area contributed by atoms with Crippen LogP contribution in [0.5, 0.6) is 5.75 Å². The van der Waals surface area contributed by atoms with Gasteiger partial charge in [-0.2, -0.15) is 0 Å². The average molecular weight is 416 g/mol. The summed E-state index contributed by atoms with van der Waals surface area (Å²) >= 11 is 0. The second kappa shape index (κ2) is 9.81. The quantitative estimate of drug-likeness (QED) is 0.273. The van der Waals surface area contributed by atoms with E-state index >= 15 is 0 Å². The van der Waals surface area contributed by atoms with E-state index in [0.717, 1.165) is 0 Å². The lowest BCUT2D eigenvalue weighted by Crippen LogP contribution is -2.60. The van der Waals surface area contributed by atoms with Crippen LogP contribution in [0.4, 0.5) is 0 Å². The summed E-state index contributed by atoms with van der Waals surface area (Å²) < 4.78 is 15.7. The van der Waals surface area contributed by atoms with Gasteiger partial charge >= 0.3 is 5.97 Å². The zero-order chi connectivity index (χ0) is 21.8. The first-order chi connectivity index (χ1) is 13.6. The van der Waals surface area contributed by atoms with Gasteiger partial charge in [-0.25, -0.2) is 4.79 Å². The van der Waals surface area contributed by atoms with Crippen LogP contribution in [0, 0.1) is 0 Å². The van der Waals surface area contributed by atoms with Crippen molar-refractivity contribution in [3.05, 3.63) is 29.8 Å². The topological polar surface area (TPSA) is 166 Å². The Balaban J connectivity index is 1.92. The third-order valence-electron chi connectivity index (χ3n) is 4.93. The summed E-state index contributed by atoms with van der Waals surface area (Å²) in [5.41, 5.74) is -1.01. The Morgan fingerprint density at radius 1 is 1.17 bits per heavy atom. The van der Waals surface area contributed by atoms with Crippen LogP contribution in [0.25, 0.3) is 0 Å². The van der Waals surface area contributed by atoms with E-state index in [9.17, 15) is 35.4 Å². The third kappa shape index (κ3) is 5.64. The molecule has 1 aliphatic heterocycles. The first-order valence-electron chi connectivity index (χ1n) is 9.24. The lowest BCUT2D eigenvalue weighted by atomic mass is 9.96. The van der Waals surface area contributed by atoms with Gasteiger partial charge in [0.15, 0.2) is 6.10 Å². The van der Waals surface area contributed by atoms with Crippen molar-refractivity contribution in [3.63, 3.8) is 0 Å². The fraction of sp³-hybridized carbons (Fsp3) is 0.632. The molecule has 1 saturated heterocycles. The molecule has 7 atom stereocenters. The molecule has 0 bridgehead atoms. The lowest BCUT2D eigenvalue weighted by molar-refractivity contribution is -0.277. The maximum Gasteiger partial charge on any atom is 0.338 e. The van der Waals surface area contributed by atoms with E-state index in [1.165, 1.54) is 19.1 Å². The van der Waals surface area contributed by atoms with E-state index in [-0.39, 0.29) is 18.8 Å². The SMILES string of the molecule is CC[C@@](C)(O)[C@H](O)C(=O)OCc1ccc(O[C@@H]2O[C@H](CO)[C@@H](O)[C@H](O)[C@H]2O)cc1. The Kier molecular flexibility index (Phi) is 7.94. The van der Waals surface area contributed by atoms with E-state index in [2.05, 4.69) is 0 Å². The molecule has 0 saturated carbocycles. The Labute approximate surface area is 167 Å². The van der Waals surface area contributed by atoms with Gasteiger partial charge in [0, 0.05) is 0 Å². The molecule has 10 heteroatoms. The fourth-order valence-electron chi connectivity index (χ4n) is 2.64. The minimum Gasteiger partial charge on any atom is -0.462 e. The van der Waals surface area contributed by atoms with Crippen molar-refractivity contribution in [1.29, 1.82) is 0 Å². The standard InChI is InChI=1S/C19H28O10/c1-3-19(2,26)16(24)17(25)27-9-10-4-6-11(7-5-10)28-18-15(23)14(22)13(21)12(8-20)29-18/h4-7,12-16,18,20-24,26H,3,8-9H2,1-2H3/t12-,13-,14+,15-,16-,18-,19-/m1/s1. The van der Waals surface area contributed by atoms with Crippen molar-refractivity contribution in [2.45, 2.75) is 69.3 Å². The molecular weight excluding hydrogens is 388 g/mol. The minimum atomic E-state index is -1.67. The summed E-state index contributed by atoms with van der Waals surface area (Å²) in [4.78, 5) is 11.8. The first-order valence-corrected chi connectivity index (χ1v) is 9.24. The molecule has 164 valence electrons. The summed E-state index contributed by atoms with van der Waals surface area (Å²) in [7, 11) is 0. The van der Waals surface area contributed by atoms with Gasteiger partial charge in [-0.15, -0.1) is 0 Å². The van der Waals surface area contributed by atoms with Crippen LogP contribution in [0.3, 0.4) is 0 Å². The molecule has 29 heavy (non-hydrogen) atoms. The van der Waals surface area contributed by atoms with Gasteiger partial charge in [-0.3, -0.25) is 0 Å². The molecular formula is C19H28O10. The largest absolute Gasteiger partial charge is 0.462 e. The summed E-state index contributed by atoms with van der Waals surface area (Å²) in [6.07, 6.45) is -8.42. The fourth-order valence-corrected chi connectivity index (χ4v) is 2.64. The molecule has 1 aliphatic rings. The van der Waals surface area contributed by atoms with Gasteiger partial charge in [0.05, 0.1) is 12.2 Å². The number of hydrogen-bond acceptors (Lipinski definition) is 10. The van der Waals surface area contributed by atoms with E-state index in [4.69, 9.17) is 14.2 Å². The first kappa shape index (κ1) is 23.5. The van der Waals surface area contributed by atoms with Crippen molar-refractivity contribution >= 4 is 5.97 Å². The molecule has 0 radical (unpaired) electrons. The highest BCUT2D eigenvalue weighted by atomic mass is 16.7. The van der Waals surface area contributed by atoms with Crippen molar-refractivity contribution in [3.8, 4) is 5.75 Å². The molecule has 0 aromatic heterocycles. The molecule has 2 rings (SSSR count). The van der Waals surface area contributed by atoms with Crippen molar-refractivity contribution in [2.24, 2.45) is 0 Å². The minimum absolute atomic E-state index is 0.143. The molecule has 10 nitrogen and oxygen atoms in total. The number of carbonyl (C=O) groups is 1. The number of ether oxygens (including phenoxy) is 3. The van der Waals surface area contributed by atoms with Crippen LogP contribution in [0.15, 0.2) is 24.3 Å². The zero-order valence-electron chi connectivity index (χ0n) is 16.2. The Morgan fingerprint density at radius 2 is 1.79 bits per heavy atom. The number of aliphatic hydroxyl groups excluding tert-OH is 5. The van der Waals surface area contributed by atoms with Crippen LogP contribution in [0.1, 0.15) is 25.8 Å². The normalized spacial score (nSPS) is 30.3. The van der Waals surface area contributed by atoms with Gasteiger partial charge in [0.25, 0.3) is 0 Å². The number of hydrogen-bond donors (Lipinski definition) is 6. The smallest absolute Gasteiger partial charge is 0.338 e. The Bertz CT molecular complexity index is 659. The maximum atomic E-state index is 11.8. The van der Waals surface area contributed by atoms with Crippen molar-refractivity contribution in [1.82, 2.24) is 0 Å². The summed E-state index contributed by atoms with van der Waals surface area (Å²) in [6.45, 7) is 2.26. The van der Waals surface area contributed by atoms with Crippen LogP contribution >= 0.6 is 0 Å². The van der Waals surface area contributed by atoms with Crippen LogP contribution < -0.4 is 4.74 Å². The summed E-state index contributed by atoms with van der Waals surface area (Å²) in [5.74, 6) is -0.683. The molecule has 0 amide bonds. The van der Waals surface area contributed by atoms with Gasteiger partial charge in [-0.1, -0.05) is 19.1 Å². The molecule has 0 aliphatic carbocycles. The number of esters is 1. The van der Waals surface area contributed by atoms with E-state index in [1.807, 2.05) is 0 Å². The summed E-state index contributed by atoms with van der Waals surface area (Å²) in [5, 5.41) is 58.4. The predicted molar refractivity (Wildman–Crippen MR) is 97.6 cm³/mol. The predicted octanol–water partition coefficient (Wildman–Crippen LogP) is -1.57. The lowest BCUT2D eigenvalue weighted by Gasteiger charge is -2.39. The van der Waals surface area contributed by atoms with Gasteiger partial charge < -0.3 is 44.8 Å².